The number of carbonyl (C=O) groups is 3. The monoisotopic (exact) mass is 514 g/mol. The predicted octanol–water partition coefficient (Wildman–Crippen LogP) is 5.44. The Morgan fingerprint density at radius 3 is 2.05 bits per heavy atom. The molecule has 0 heterocycles. The van der Waals surface area contributed by atoms with E-state index in [0.29, 0.717) is 6.54 Å². The predicted molar refractivity (Wildman–Crippen MR) is 146 cm³/mol. The van der Waals surface area contributed by atoms with Crippen molar-refractivity contribution in [1.29, 1.82) is 0 Å². The average molecular weight is 515 g/mol. The Labute approximate surface area is 223 Å². The van der Waals surface area contributed by atoms with E-state index in [2.05, 4.69) is 29.6 Å². The number of carbonyl (C=O) groups excluding carboxylic acids is 2. The van der Waals surface area contributed by atoms with Crippen LogP contribution in [0.15, 0.2) is 78.9 Å². The van der Waals surface area contributed by atoms with Crippen molar-refractivity contribution in [3.05, 3.63) is 95.6 Å². The third kappa shape index (κ3) is 6.59. The first-order chi connectivity index (χ1) is 18.3. The van der Waals surface area contributed by atoms with E-state index in [1.54, 1.807) is 0 Å². The van der Waals surface area contributed by atoms with E-state index in [0.717, 1.165) is 27.8 Å². The molecule has 0 fully saturated rings. The summed E-state index contributed by atoms with van der Waals surface area (Å²) < 4.78 is 5.68. The molecule has 0 radical (unpaired) electrons. The van der Waals surface area contributed by atoms with E-state index >= 15 is 0 Å². The smallest absolute Gasteiger partial charge is 0.407 e. The summed E-state index contributed by atoms with van der Waals surface area (Å²) >= 11 is 0. The molecule has 0 saturated heterocycles. The average Bonchev–Trinajstić information content (AvgIpc) is 3.23. The lowest BCUT2D eigenvalue weighted by atomic mass is 9.98. The second kappa shape index (κ2) is 12.4. The molecule has 7 heteroatoms. The number of nitrogens with one attached hydrogen (secondary N) is 1. The number of hydrogen-bond acceptors (Lipinski definition) is 4. The summed E-state index contributed by atoms with van der Waals surface area (Å²) in [7, 11) is 0. The molecule has 2 N–H and O–H groups in total. The third-order valence-electron chi connectivity index (χ3n) is 7.01. The van der Waals surface area contributed by atoms with Crippen molar-refractivity contribution in [3.8, 4) is 11.1 Å². The van der Waals surface area contributed by atoms with Crippen LogP contribution in [0.2, 0.25) is 0 Å². The molecular formula is C31H34N2O5. The number of amides is 2. The molecule has 1 aliphatic rings. The van der Waals surface area contributed by atoms with Crippen molar-refractivity contribution in [1.82, 2.24) is 10.2 Å². The van der Waals surface area contributed by atoms with Gasteiger partial charge in [-0.25, -0.2) is 4.79 Å². The van der Waals surface area contributed by atoms with Gasteiger partial charge in [0, 0.05) is 31.5 Å². The summed E-state index contributed by atoms with van der Waals surface area (Å²) in [5.41, 5.74) is 5.49. The van der Waals surface area contributed by atoms with Crippen molar-refractivity contribution in [2.45, 2.75) is 45.2 Å². The highest BCUT2D eigenvalue weighted by Gasteiger charge is 2.30. The van der Waals surface area contributed by atoms with Gasteiger partial charge in [0.2, 0.25) is 5.91 Å². The lowest BCUT2D eigenvalue weighted by Gasteiger charge is -2.27. The topological polar surface area (TPSA) is 95.9 Å². The van der Waals surface area contributed by atoms with Gasteiger partial charge in [-0.15, -0.1) is 0 Å². The van der Waals surface area contributed by atoms with Crippen molar-refractivity contribution in [2.75, 3.05) is 13.2 Å². The van der Waals surface area contributed by atoms with Crippen LogP contribution in [0.4, 0.5) is 4.79 Å². The first kappa shape index (κ1) is 26.9. The molecule has 198 valence electrons. The highest BCUT2D eigenvalue weighted by molar-refractivity contribution is 5.80. The van der Waals surface area contributed by atoms with Gasteiger partial charge in [0.15, 0.2) is 0 Å². The van der Waals surface area contributed by atoms with E-state index in [1.807, 2.05) is 68.4 Å². The van der Waals surface area contributed by atoms with Crippen LogP contribution in [-0.2, 0) is 20.9 Å². The molecule has 38 heavy (non-hydrogen) atoms. The fourth-order valence-electron chi connectivity index (χ4n) is 4.89. The number of hydrogen-bond donors (Lipinski definition) is 2. The van der Waals surface area contributed by atoms with Gasteiger partial charge in [-0.2, -0.15) is 0 Å². The molecule has 7 nitrogen and oxygen atoms in total. The Morgan fingerprint density at radius 1 is 0.895 bits per heavy atom. The van der Waals surface area contributed by atoms with Crippen molar-refractivity contribution in [3.63, 3.8) is 0 Å². The number of benzene rings is 3. The first-order valence-corrected chi connectivity index (χ1v) is 13.0. The zero-order valence-electron chi connectivity index (χ0n) is 21.8. The number of rotatable bonds is 11. The summed E-state index contributed by atoms with van der Waals surface area (Å²) in [5, 5.41) is 12.0. The summed E-state index contributed by atoms with van der Waals surface area (Å²) in [6.45, 7) is 4.46. The number of carboxylic acid groups (broad SMARTS) is 1. The summed E-state index contributed by atoms with van der Waals surface area (Å²) in [5.74, 6) is -1.26. The van der Waals surface area contributed by atoms with Crippen molar-refractivity contribution < 1.29 is 24.2 Å². The van der Waals surface area contributed by atoms with Gasteiger partial charge in [0.25, 0.3) is 0 Å². The van der Waals surface area contributed by atoms with Crippen LogP contribution in [0.5, 0.6) is 0 Å². The van der Waals surface area contributed by atoms with Crippen LogP contribution in [0.1, 0.15) is 49.3 Å². The Morgan fingerprint density at radius 2 is 1.47 bits per heavy atom. The Bertz CT molecular complexity index is 1230. The van der Waals surface area contributed by atoms with Gasteiger partial charge in [-0.05, 0) is 33.7 Å². The van der Waals surface area contributed by atoms with Crippen LogP contribution in [0, 0.1) is 5.92 Å². The zero-order chi connectivity index (χ0) is 27.1. The van der Waals surface area contributed by atoms with Gasteiger partial charge in [-0.3, -0.25) is 9.59 Å². The largest absolute Gasteiger partial charge is 0.481 e. The lowest BCUT2D eigenvalue weighted by Crippen LogP contribution is -2.44. The Hall–Kier alpha value is -4.13. The molecule has 0 unspecified atom stereocenters. The minimum absolute atomic E-state index is 0.0301. The molecule has 1 aliphatic carbocycles. The number of alkyl carbamates (subject to hydrolysis) is 1. The number of ether oxygens (including phenoxy) is 1. The highest BCUT2D eigenvalue weighted by atomic mass is 16.5. The number of aliphatic carboxylic acids is 1. The molecule has 3 aromatic rings. The van der Waals surface area contributed by atoms with Gasteiger partial charge >= 0.3 is 12.1 Å². The Balaban J connectivity index is 1.39. The number of nitrogens with zero attached hydrogens (tertiary/aromatic N) is 1. The maximum atomic E-state index is 13.2. The minimum Gasteiger partial charge on any atom is -0.481 e. The van der Waals surface area contributed by atoms with Gasteiger partial charge < -0.3 is 20.1 Å². The van der Waals surface area contributed by atoms with Crippen LogP contribution < -0.4 is 5.32 Å². The molecule has 0 bridgehead atoms. The van der Waals surface area contributed by atoms with E-state index in [1.165, 1.54) is 4.90 Å². The molecule has 4 rings (SSSR count). The van der Waals surface area contributed by atoms with Gasteiger partial charge in [-0.1, -0.05) is 92.7 Å². The zero-order valence-corrected chi connectivity index (χ0v) is 21.8. The minimum atomic E-state index is -0.965. The summed E-state index contributed by atoms with van der Waals surface area (Å²) in [6, 6.07) is 25.3. The molecule has 0 aliphatic heterocycles. The van der Waals surface area contributed by atoms with Crippen LogP contribution in [0.3, 0.4) is 0 Å². The van der Waals surface area contributed by atoms with E-state index in [9.17, 15) is 14.4 Å². The SMILES string of the molecule is CC(C)[C@H](CC(=O)N(CCC(=O)O)Cc1ccccc1)NC(=O)OCC1c2ccccc2-c2ccccc21. The Kier molecular flexibility index (Phi) is 8.79. The van der Waals surface area contributed by atoms with Gasteiger partial charge in [0.1, 0.15) is 6.61 Å². The standard InChI is InChI=1S/C31H34N2O5/c1-21(2)28(18-29(34)33(17-16-30(35)36)19-22-10-4-3-5-11-22)32-31(37)38-20-27-25-14-8-6-12-23(25)24-13-7-9-15-26(24)27/h3-15,21,27-28H,16-20H2,1-2H3,(H,32,37)(H,35,36)/t28-/m0/s1. The second-order valence-corrected chi connectivity index (χ2v) is 9.97. The van der Waals surface area contributed by atoms with Gasteiger partial charge in [0.05, 0.1) is 6.42 Å². The maximum absolute atomic E-state index is 13.2. The van der Waals surface area contributed by atoms with Crippen LogP contribution >= 0.6 is 0 Å². The molecule has 1 atom stereocenters. The third-order valence-corrected chi connectivity index (χ3v) is 7.01. The van der Waals surface area contributed by atoms with Crippen molar-refractivity contribution in [2.24, 2.45) is 5.92 Å². The molecule has 0 saturated carbocycles. The normalized spacial score (nSPS) is 12.9. The number of fused-ring (bicyclic) bond motifs is 3. The molecule has 2 amide bonds. The fourth-order valence-corrected chi connectivity index (χ4v) is 4.89. The second-order valence-electron chi connectivity index (χ2n) is 9.97. The van der Waals surface area contributed by atoms with Crippen molar-refractivity contribution >= 4 is 18.0 Å². The first-order valence-electron chi connectivity index (χ1n) is 13.0. The van der Waals surface area contributed by atoms with Crippen LogP contribution in [-0.4, -0.2) is 47.2 Å². The van der Waals surface area contributed by atoms with E-state index in [-0.39, 0.29) is 43.7 Å². The van der Waals surface area contributed by atoms with E-state index in [4.69, 9.17) is 9.84 Å². The molecular weight excluding hydrogens is 480 g/mol. The number of carboxylic acids is 1. The molecule has 0 spiro atoms. The maximum Gasteiger partial charge on any atom is 0.407 e. The molecule has 3 aromatic carbocycles. The fraction of sp³-hybridized carbons (Fsp3) is 0.323. The summed E-state index contributed by atoms with van der Waals surface area (Å²) in [6.07, 6.45) is -0.669. The van der Waals surface area contributed by atoms with Crippen LogP contribution in [0.25, 0.3) is 11.1 Å². The highest BCUT2D eigenvalue weighted by Crippen LogP contribution is 2.44. The quantitative estimate of drug-likeness (QED) is 0.355. The lowest BCUT2D eigenvalue weighted by molar-refractivity contribution is -0.139. The molecule has 0 aromatic heterocycles. The van der Waals surface area contributed by atoms with E-state index < -0.39 is 18.1 Å². The summed E-state index contributed by atoms with van der Waals surface area (Å²) in [4.78, 5) is 38.8.